The zero-order valence-corrected chi connectivity index (χ0v) is 21.6. The Morgan fingerprint density at radius 2 is 1.87 bits per heavy atom. The van der Waals surface area contributed by atoms with Gasteiger partial charge in [0.15, 0.2) is 16.1 Å². The molecule has 2 amide bonds. The van der Waals surface area contributed by atoms with Crippen molar-refractivity contribution in [3.8, 4) is 5.75 Å². The second-order valence-electron chi connectivity index (χ2n) is 9.38. The lowest BCUT2D eigenvalue weighted by molar-refractivity contribution is -0.121. The van der Waals surface area contributed by atoms with Gasteiger partial charge >= 0.3 is 0 Å². The average molecular weight is 524 g/mol. The highest BCUT2D eigenvalue weighted by atomic mass is 32.1. The molecule has 2 aliphatic rings. The number of fused-ring (bicyclic) bond motifs is 6. The minimum Gasteiger partial charge on any atom is -0.497 e. The fraction of sp³-hybridized carbons (Fsp3) is 0.172. The highest BCUT2D eigenvalue weighted by Crippen LogP contribution is 2.54. The molecular formula is C29H21N3O5S. The molecule has 0 saturated heterocycles. The Morgan fingerprint density at radius 3 is 2.66 bits per heavy atom. The van der Waals surface area contributed by atoms with Gasteiger partial charge in [0.25, 0.3) is 11.8 Å². The first-order valence-electron chi connectivity index (χ1n) is 12.2. The summed E-state index contributed by atoms with van der Waals surface area (Å²) in [4.78, 5) is 50.7. The Kier molecular flexibility index (Phi) is 4.63. The summed E-state index contributed by atoms with van der Waals surface area (Å²) in [6.07, 6.45) is 0. The Labute approximate surface area is 220 Å². The fourth-order valence-corrected chi connectivity index (χ4v) is 6.75. The van der Waals surface area contributed by atoms with Crippen LogP contribution in [0.1, 0.15) is 34.2 Å². The molecule has 1 spiro atoms. The molecule has 4 heterocycles. The molecule has 2 aliphatic heterocycles. The fourth-order valence-electron chi connectivity index (χ4n) is 5.71. The van der Waals surface area contributed by atoms with Gasteiger partial charge in [0, 0.05) is 12.1 Å². The van der Waals surface area contributed by atoms with E-state index in [2.05, 4.69) is 0 Å². The zero-order chi connectivity index (χ0) is 26.3. The largest absolute Gasteiger partial charge is 0.497 e. The van der Waals surface area contributed by atoms with Crippen LogP contribution in [0.5, 0.6) is 5.75 Å². The number of anilines is 2. The van der Waals surface area contributed by atoms with Gasteiger partial charge in [0.2, 0.25) is 5.76 Å². The highest BCUT2D eigenvalue weighted by molar-refractivity contribution is 7.22. The van der Waals surface area contributed by atoms with E-state index in [1.807, 2.05) is 44.2 Å². The molecule has 0 bridgehead atoms. The Hall–Kier alpha value is -4.50. The molecule has 2 aromatic heterocycles. The average Bonchev–Trinajstić information content (AvgIpc) is 3.53. The van der Waals surface area contributed by atoms with E-state index in [9.17, 15) is 14.4 Å². The number of aryl methyl sites for hydroxylation is 1. The van der Waals surface area contributed by atoms with Crippen molar-refractivity contribution >= 4 is 55.2 Å². The van der Waals surface area contributed by atoms with Crippen LogP contribution >= 0.6 is 11.3 Å². The van der Waals surface area contributed by atoms with E-state index in [-0.39, 0.29) is 17.2 Å². The monoisotopic (exact) mass is 523 g/mol. The van der Waals surface area contributed by atoms with Gasteiger partial charge in [-0.3, -0.25) is 19.3 Å². The number of thiazole rings is 1. The smallest absolute Gasteiger partial charge is 0.297 e. The van der Waals surface area contributed by atoms with Crippen molar-refractivity contribution < 1.29 is 18.7 Å². The molecule has 0 N–H and O–H groups in total. The quantitative estimate of drug-likeness (QED) is 0.331. The van der Waals surface area contributed by atoms with Crippen LogP contribution in [-0.2, 0) is 10.3 Å². The van der Waals surface area contributed by atoms with Crippen molar-refractivity contribution in [2.24, 2.45) is 0 Å². The normalized spacial score (nSPS) is 18.2. The summed E-state index contributed by atoms with van der Waals surface area (Å²) < 4.78 is 12.3. The highest BCUT2D eigenvalue weighted by Gasteiger charge is 2.66. The van der Waals surface area contributed by atoms with E-state index in [0.717, 1.165) is 10.3 Å². The summed E-state index contributed by atoms with van der Waals surface area (Å²) in [5.74, 6) is -0.447. The second kappa shape index (κ2) is 7.75. The molecule has 7 rings (SSSR count). The van der Waals surface area contributed by atoms with Crippen LogP contribution in [-0.4, -0.2) is 30.5 Å². The van der Waals surface area contributed by atoms with Crippen LogP contribution in [0.3, 0.4) is 0 Å². The van der Waals surface area contributed by atoms with Gasteiger partial charge < -0.3 is 14.1 Å². The van der Waals surface area contributed by atoms with Gasteiger partial charge in [-0.25, -0.2) is 4.98 Å². The number of aromatic nitrogens is 1. The third kappa shape index (κ3) is 2.68. The van der Waals surface area contributed by atoms with Crippen LogP contribution in [0.2, 0.25) is 0 Å². The molecule has 0 saturated carbocycles. The minimum absolute atomic E-state index is 0.0332. The molecule has 188 valence electrons. The third-order valence-corrected chi connectivity index (χ3v) is 8.37. The number of benzene rings is 3. The van der Waals surface area contributed by atoms with Crippen LogP contribution in [0.25, 0.3) is 21.2 Å². The predicted molar refractivity (Wildman–Crippen MR) is 145 cm³/mol. The van der Waals surface area contributed by atoms with Crippen LogP contribution in [0.4, 0.5) is 10.8 Å². The van der Waals surface area contributed by atoms with E-state index in [1.54, 1.807) is 42.3 Å². The Bertz CT molecular complexity index is 1910. The van der Waals surface area contributed by atoms with E-state index >= 15 is 0 Å². The van der Waals surface area contributed by atoms with Gasteiger partial charge in [-0.1, -0.05) is 41.2 Å². The molecular weight excluding hydrogens is 502 g/mol. The number of likely N-dealkylation sites (N-methyl/N-ethyl adjacent to an activating group) is 1. The van der Waals surface area contributed by atoms with E-state index in [0.29, 0.717) is 45.2 Å². The van der Waals surface area contributed by atoms with Crippen molar-refractivity contribution in [2.45, 2.75) is 19.4 Å². The topological polar surface area (TPSA) is 93.0 Å². The summed E-state index contributed by atoms with van der Waals surface area (Å²) in [5.41, 5.74) is 0.909. The first-order valence-corrected chi connectivity index (χ1v) is 13.0. The molecule has 1 unspecified atom stereocenters. The van der Waals surface area contributed by atoms with Crippen molar-refractivity contribution in [3.05, 3.63) is 93.3 Å². The number of carbonyl (C=O) groups is 2. The Morgan fingerprint density at radius 1 is 1.05 bits per heavy atom. The second-order valence-corrected chi connectivity index (χ2v) is 10.4. The number of carbonyl (C=O) groups excluding carboxylic acids is 2. The number of ether oxygens (including phenoxy) is 1. The summed E-state index contributed by atoms with van der Waals surface area (Å²) in [5, 5.41) is 0.623. The van der Waals surface area contributed by atoms with E-state index in [1.165, 1.54) is 16.2 Å². The third-order valence-electron chi connectivity index (χ3n) is 7.37. The predicted octanol–water partition coefficient (Wildman–Crippen LogP) is 4.99. The standard InChI is InChI=1S/C29H21N3O5S/c1-4-31-20-8-6-5-7-18(20)29(27(31)35)23-24(33)17-13-15(2)9-12-21(17)37-25(23)26(34)32(29)28-30-19-11-10-16(36-3)14-22(19)38-28/h5-14H,4H2,1-3H3. The summed E-state index contributed by atoms with van der Waals surface area (Å²) in [6.45, 7) is 4.11. The van der Waals surface area contributed by atoms with E-state index in [4.69, 9.17) is 14.1 Å². The number of amides is 2. The van der Waals surface area contributed by atoms with Crippen LogP contribution < -0.4 is 20.0 Å². The van der Waals surface area contributed by atoms with Gasteiger partial charge in [0.1, 0.15) is 11.3 Å². The van der Waals surface area contributed by atoms with Crippen molar-refractivity contribution in [3.63, 3.8) is 0 Å². The maximum absolute atomic E-state index is 14.5. The molecule has 0 radical (unpaired) electrons. The van der Waals surface area contributed by atoms with E-state index < -0.39 is 16.9 Å². The lowest BCUT2D eigenvalue weighted by atomic mass is 9.84. The zero-order valence-electron chi connectivity index (χ0n) is 20.8. The minimum atomic E-state index is -1.74. The lowest BCUT2D eigenvalue weighted by Crippen LogP contribution is -2.53. The number of hydrogen-bond donors (Lipinski definition) is 0. The van der Waals surface area contributed by atoms with Crippen molar-refractivity contribution in [1.82, 2.24) is 4.98 Å². The van der Waals surface area contributed by atoms with Gasteiger partial charge in [-0.15, -0.1) is 0 Å². The first-order chi connectivity index (χ1) is 18.4. The molecule has 38 heavy (non-hydrogen) atoms. The summed E-state index contributed by atoms with van der Waals surface area (Å²) in [7, 11) is 1.58. The molecule has 5 aromatic rings. The number of methoxy groups -OCH3 is 1. The van der Waals surface area contributed by atoms with Crippen LogP contribution in [0, 0.1) is 6.92 Å². The Balaban J connectivity index is 1.61. The number of nitrogens with zero attached hydrogens (tertiary/aromatic N) is 3. The maximum atomic E-state index is 14.5. The summed E-state index contributed by atoms with van der Waals surface area (Å²) in [6, 6.07) is 17.9. The van der Waals surface area contributed by atoms with Crippen molar-refractivity contribution in [1.29, 1.82) is 0 Å². The molecule has 3 aromatic carbocycles. The maximum Gasteiger partial charge on any atom is 0.297 e. The van der Waals surface area contributed by atoms with Crippen LogP contribution in [0.15, 0.2) is 69.9 Å². The van der Waals surface area contributed by atoms with Gasteiger partial charge in [-0.05, 0) is 50.2 Å². The molecule has 0 aliphatic carbocycles. The molecule has 1 atom stereocenters. The molecule has 8 nitrogen and oxygen atoms in total. The SMILES string of the molecule is CCN1C(=O)C2(c3ccccc31)c1c(oc3ccc(C)cc3c1=O)C(=O)N2c1nc2ccc(OC)cc2s1. The van der Waals surface area contributed by atoms with Gasteiger partial charge in [0.05, 0.1) is 34.0 Å². The molecule has 9 heteroatoms. The number of para-hydroxylation sites is 1. The van der Waals surface area contributed by atoms with Gasteiger partial charge in [-0.2, -0.15) is 0 Å². The number of rotatable bonds is 3. The molecule has 0 fully saturated rings. The summed E-state index contributed by atoms with van der Waals surface area (Å²) >= 11 is 1.26. The number of hydrogen-bond acceptors (Lipinski definition) is 7. The lowest BCUT2D eigenvalue weighted by Gasteiger charge is -2.32. The first kappa shape index (κ1) is 22.7. The van der Waals surface area contributed by atoms with Crippen molar-refractivity contribution in [2.75, 3.05) is 23.5 Å².